The second-order valence-electron chi connectivity index (χ2n) is 11.6. The lowest BCUT2D eigenvalue weighted by Crippen LogP contribution is -2.37. The molecule has 2 aliphatic carbocycles. The molecule has 2 amide bonds. The molecule has 1 aliphatic heterocycles. The van der Waals surface area contributed by atoms with Gasteiger partial charge in [0.2, 0.25) is 5.91 Å². The Morgan fingerprint density at radius 3 is 2.62 bits per heavy atom. The largest absolute Gasteiger partial charge is 0.478 e. The molecular formula is C34H32N4O4. The van der Waals surface area contributed by atoms with E-state index in [1.54, 1.807) is 24.4 Å². The van der Waals surface area contributed by atoms with Crippen molar-refractivity contribution in [2.75, 3.05) is 6.54 Å². The van der Waals surface area contributed by atoms with Gasteiger partial charge < -0.3 is 15.3 Å². The number of amides is 2. The van der Waals surface area contributed by atoms with Crippen molar-refractivity contribution in [1.82, 2.24) is 20.4 Å². The van der Waals surface area contributed by atoms with Crippen LogP contribution in [0.1, 0.15) is 79.8 Å². The van der Waals surface area contributed by atoms with Crippen LogP contribution in [0.5, 0.6) is 0 Å². The maximum atomic E-state index is 13.7. The van der Waals surface area contributed by atoms with E-state index in [1.165, 1.54) is 5.56 Å². The van der Waals surface area contributed by atoms with Crippen LogP contribution in [0, 0.1) is 5.92 Å². The summed E-state index contributed by atoms with van der Waals surface area (Å²) in [7, 11) is 0. The molecule has 42 heavy (non-hydrogen) atoms. The van der Waals surface area contributed by atoms with Crippen molar-refractivity contribution in [2.24, 2.45) is 5.92 Å². The molecular weight excluding hydrogens is 528 g/mol. The molecule has 1 aromatic heterocycles. The lowest BCUT2D eigenvalue weighted by molar-refractivity contribution is -0.122. The van der Waals surface area contributed by atoms with Crippen molar-refractivity contribution < 1.29 is 19.5 Å². The van der Waals surface area contributed by atoms with Crippen LogP contribution in [0.25, 0.3) is 11.1 Å². The minimum Gasteiger partial charge on any atom is -0.478 e. The van der Waals surface area contributed by atoms with E-state index in [2.05, 4.69) is 27.6 Å². The summed E-state index contributed by atoms with van der Waals surface area (Å²) in [5, 5.41) is 20.0. The second-order valence-corrected chi connectivity index (χ2v) is 11.6. The molecule has 4 aromatic rings. The summed E-state index contributed by atoms with van der Waals surface area (Å²) in [5.41, 5.74) is 7.80. The molecule has 2 saturated carbocycles. The summed E-state index contributed by atoms with van der Waals surface area (Å²) in [6.45, 7) is 1.33. The molecule has 0 radical (unpaired) electrons. The summed E-state index contributed by atoms with van der Waals surface area (Å²) < 4.78 is 0. The number of carbonyl (C=O) groups excluding carboxylic acids is 2. The number of aromatic amines is 1. The Bertz CT molecular complexity index is 1690. The van der Waals surface area contributed by atoms with Gasteiger partial charge in [0.15, 0.2) is 0 Å². The summed E-state index contributed by atoms with van der Waals surface area (Å²) in [5.74, 6) is -0.370. The van der Waals surface area contributed by atoms with E-state index >= 15 is 0 Å². The van der Waals surface area contributed by atoms with Crippen molar-refractivity contribution >= 4 is 17.8 Å². The fraction of sp³-hybridized carbons (Fsp3) is 0.294. The highest BCUT2D eigenvalue weighted by Crippen LogP contribution is 2.47. The number of nitrogens with one attached hydrogen (secondary N) is 2. The maximum Gasteiger partial charge on any atom is 0.335 e. The smallest absolute Gasteiger partial charge is 0.335 e. The number of rotatable bonds is 8. The number of aromatic carboxylic acids is 1. The Morgan fingerprint density at radius 1 is 1.00 bits per heavy atom. The fourth-order valence-corrected chi connectivity index (χ4v) is 6.35. The first-order valence-electron chi connectivity index (χ1n) is 14.6. The van der Waals surface area contributed by atoms with Gasteiger partial charge in [-0.2, -0.15) is 5.10 Å². The first-order chi connectivity index (χ1) is 20.5. The number of carboxylic acids is 1. The van der Waals surface area contributed by atoms with Crippen LogP contribution < -0.4 is 5.32 Å². The van der Waals surface area contributed by atoms with Crippen molar-refractivity contribution in [3.05, 3.63) is 112 Å². The molecule has 3 aromatic carbocycles. The topological polar surface area (TPSA) is 115 Å². The van der Waals surface area contributed by atoms with Crippen LogP contribution in [0.3, 0.4) is 0 Å². The van der Waals surface area contributed by atoms with E-state index < -0.39 is 5.97 Å². The zero-order valence-corrected chi connectivity index (χ0v) is 23.2. The number of aromatic nitrogens is 2. The Labute approximate surface area is 243 Å². The summed E-state index contributed by atoms with van der Waals surface area (Å²) in [4.78, 5) is 40.3. The number of hydrogen-bond donors (Lipinski definition) is 3. The number of hydrogen-bond acceptors (Lipinski definition) is 4. The predicted octanol–water partition coefficient (Wildman–Crippen LogP) is 5.27. The van der Waals surface area contributed by atoms with Crippen molar-refractivity contribution in [3.63, 3.8) is 0 Å². The van der Waals surface area contributed by atoms with E-state index in [4.69, 9.17) is 0 Å². The van der Waals surface area contributed by atoms with Gasteiger partial charge in [-0.15, -0.1) is 0 Å². The highest BCUT2D eigenvalue weighted by molar-refractivity contribution is 5.96. The van der Waals surface area contributed by atoms with E-state index in [0.29, 0.717) is 37.5 Å². The third kappa shape index (κ3) is 4.98. The number of nitrogens with zero attached hydrogens (tertiary/aromatic N) is 2. The van der Waals surface area contributed by atoms with Crippen molar-refractivity contribution in [2.45, 2.75) is 50.6 Å². The molecule has 0 spiro atoms. The minimum absolute atomic E-state index is 0.0266. The van der Waals surface area contributed by atoms with E-state index in [9.17, 15) is 19.5 Å². The highest BCUT2D eigenvalue weighted by Gasteiger charge is 2.43. The Kier molecular flexibility index (Phi) is 6.61. The molecule has 212 valence electrons. The van der Waals surface area contributed by atoms with Gasteiger partial charge in [-0.3, -0.25) is 14.7 Å². The summed E-state index contributed by atoms with van der Waals surface area (Å²) >= 11 is 0. The minimum atomic E-state index is -0.970. The average Bonchev–Trinajstić information content (AvgIpc) is 3.97. The lowest BCUT2D eigenvalue weighted by atomic mass is 9.87. The number of carbonyl (C=O) groups is 3. The first kappa shape index (κ1) is 26.2. The van der Waals surface area contributed by atoms with Gasteiger partial charge >= 0.3 is 5.97 Å². The Hall–Kier alpha value is -4.72. The number of H-pyrrole nitrogens is 1. The molecule has 2 heterocycles. The van der Waals surface area contributed by atoms with Crippen LogP contribution in [0.15, 0.2) is 72.9 Å². The normalized spacial score (nSPS) is 19.2. The van der Waals surface area contributed by atoms with Crippen LogP contribution in [0.2, 0.25) is 0 Å². The van der Waals surface area contributed by atoms with Crippen molar-refractivity contribution in [3.8, 4) is 11.1 Å². The average molecular weight is 561 g/mol. The fourth-order valence-electron chi connectivity index (χ4n) is 6.35. The molecule has 3 N–H and O–H groups in total. The molecule has 2 fully saturated rings. The molecule has 2 atom stereocenters. The number of fused-ring (bicyclic) bond motifs is 1. The van der Waals surface area contributed by atoms with E-state index in [-0.39, 0.29) is 29.2 Å². The third-order valence-corrected chi connectivity index (χ3v) is 8.89. The molecule has 8 nitrogen and oxygen atoms in total. The summed E-state index contributed by atoms with van der Waals surface area (Å²) in [6, 6.07) is 21.1. The van der Waals surface area contributed by atoms with Gasteiger partial charge in [0, 0.05) is 37.7 Å². The second kappa shape index (κ2) is 10.6. The zero-order valence-electron chi connectivity index (χ0n) is 23.2. The van der Waals surface area contributed by atoms with Gasteiger partial charge in [-0.05, 0) is 77.1 Å². The molecule has 0 saturated heterocycles. The van der Waals surface area contributed by atoms with Crippen molar-refractivity contribution in [1.29, 1.82) is 0 Å². The first-order valence-corrected chi connectivity index (χ1v) is 14.6. The SMILES string of the molecule is O=C(O)c1cccc(-c2ccc(CNC(=O)C3CC3c3ccccc3)c3c2CCN(C(=O)c2c[nH]nc2C2CC2)C3)c1. The zero-order chi connectivity index (χ0) is 28.8. The molecule has 0 bridgehead atoms. The lowest BCUT2D eigenvalue weighted by Gasteiger charge is -2.32. The van der Waals surface area contributed by atoms with Crippen LogP contribution >= 0.6 is 0 Å². The standard InChI is InChI=1S/C34H32N4O4/c39-32(28-16-27(28)20-5-2-1-3-6-20)35-17-24-11-12-25(22-7-4-8-23(15-22)34(41)42)26-13-14-38(19-30(24)26)33(40)29-18-36-37-31(29)21-9-10-21/h1-8,11-12,15,18,21,27-28H,9-10,13-14,16-17,19H2,(H,35,39)(H,36,37)(H,41,42). The van der Waals surface area contributed by atoms with Gasteiger partial charge in [0.1, 0.15) is 0 Å². The number of carboxylic acid groups (broad SMARTS) is 1. The van der Waals surface area contributed by atoms with E-state index in [0.717, 1.165) is 52.8 Å². The maximum absolute atomic E-state index is 13.7. The van der Waals surface area contributed by atoms with Gasteiger partial charge in [0.25, 0.3) is 5.91 Å². The van der Waals surface area contributed by atoms with Crippen LogP contribution in [-0.4, -0.2) is 44.5 Å². The summed E-state index contributed by atoms with van der Waals surface area (Å²) in [6.07, 6.45) is 5.30. The van der Waals surface area contributed by atoms with Gasteiger partial charge in [-0.1, -0.05) is 54.6 Å². The van der Waals surface area contributed by atoms with Gasteiger partial charge in [-0.25, -0.2) is 4.79 Å². The monoisotopic (exact) mass is 560 g/mol. The van der Waals surface area contributed by atoms with E-state index in [1.807, 2.05) is 41.3 Å². The third-order valence-electron chi connectivity index (χ3n) is 8.89. The molecule has 8 heteroatoms. The van der Waals surface area contributed by atoms with Gasteiger partial charge in [0.05, 0.1) is 16.8 Å². The number of benzene rings is 3. The molecule has 7 rings (SSSR count). The molecule has 3 aliphatic rings. The quantitative estimate of drug-likeness (QED) is 0.272. The Balaban J connectivity index is 1.17. The van der Waals surface area contributed by atoms with Crippen LogP contribution in [-0.2, 0) is 24.3 Å². The predicted molar refractivity (Wildman–Crippen MR) is 157 cm³/mol. The molecule has 2 unspecified atom stereocenters. The Morgan fingerprint density at radius 2 is 1.83 bits per heavy atom. The van der Waals surface area contributed by atoms with Crippen LogP contribution in [0.4, 0.5) is 0 Å². The highest BCUT2D eigenvalue weighted by atomic mass is 16.4.